The van der Waals surface area contributed by atoms with E-state index in [1.165, 1.54) is 58.0 Å². The molecule has 15 heavy (non-hydrogen) atoms. The fourth-order valence-corrected chi connectivity index (χ4v) is 3.67. The maximum absolute atomic E-state index is 6.11. The van der Waals surface area contributed by atoms with Crippen molar-refractivity contribution in [3.05, 3.63) is 0 Å². The van der Waals surface area contributed by atoms with E-state index in [0.29, 0.717) is 5.41 Å². The second-order valence-corrected chi connectivity index (χ2v) is 5.70. The summed E-state index contributed by atoms with van der Waals surface area (Å²) in [5, 5.41) is 0. The van der Waals surface area contributed by atoms with E-state index in [-0.39, 0.29) is 0 Å². The number of nitrogens with two attached hydrogens (primary N) is 1. The summed E-state index contributed by atoms with van der Waals surface area (Å²) >= 11 is 0. The summed E-state index contributed by atoms with van der Waals surface area (Å²) in [5.74, 6) is 0.939. The van der Waals surface area contributed by atoms with Crippen LogP contribution in [-0.2, 0) is 0 Å². The van der Waals surface area contributed by atoms with Gasteiger partial charge in [0.1, 0.15) is 0 Å². The van der Waals surface area contributed by atoms with E-state index in [1.54, 1.807) is 0 Å². The minimum absolute atomic E-state index is 0.501. The monoisotopic (exact) mass is 210 g/mol. The summed E-state index contributed by atoms with van der Waals surface area (Å²) in [6.45, 7) is 3.45. The first kappa shape index (κ1) is 11.4. The largest absolute Gasteiger partial charge is 0.330 e. The predicted octanol–water partition coefficient (Wildman–Crippen LogP) is 2.24. The maximum Gasteiger partial charge on any atom is -0.00159 e. The highest BCUT2D eigenvalue weighted by Gasteiger charge is 2.39. The molecule has 1 saturated carbocycles. The van der Waals surface area contributed by atoms with Crippen LogP contribution in [0.3, 0.4) is 0 Å². The van der Waals surface area contributed by atoms with Gasteiger partial charge in [-0.15, -0.1) is 0 Å². The average molecular weight is 210 g/mol. The molecule has 2 nitrogen and oxygen atoms in total. The Balaban J connectivity index is 2.05. The van der Waals surface area contributed by atoms with Crippen LogP contribution in [0.5, 0.6) is 0 Å². The van der Waals surface area contributed by atoms with Crippen molar-refractivity contribution < 1.29 is 0 Å². The molecule has 88 valence electrons. The topological polar surface area (TPSA) is 29.3 Å². The summed E-state index contributed by atoms with van der Waals surface area (Å²) in [6.07, 6.45) is 9.85. The molecule has 1 unspecified atom stereocenters. The van der Waals surface area contributed by atoms with Crippen molar-refractivity contribution in [3.8, 4) is 0 Å². The molecular formula is C13H26N2. The van der Waals surface area contributed by atoms with Crippen molar-refractivity contribution in [2.75, 3.05) is 26.7 Å². The van der Waals surface area contributed by atoms with Crippen molar-refractivity contribution in [3.63, 3.8) is 0 Å². The van der Waals surface area contributed by atoms with Crippen LogP contribution >= 0.6 is 0 Å². The molecular weight excluding hydrogens is 184 g/mol. The van der Waals surface area contributed by atoms with Crippen molar-refractivity contribution >= 4 is 0 Å². The Hall–Kier alpha value is -0.0800. The number of nitrogens with zero attached hydrogens (tertiary/aromatic N) is 1. The first-order chi connectivity index (χ1) is 7.27. The Morgan fingerprint density at radius 3 is 2.53 bits per heavy atom. The first-order valence-electron chi connectivity index (χ1n) is 6.65. The van der Waals surface area contributed by atoms with Crippen molar-refractivity contribution in [1.82, 2.24) is 4.90 Å². The van der Waals surface area contributed by atoms with Crippen LogP contribution < -0.4 is 5.73 Å². The second kappa shape index (κ2) is 4.84. The minimum Gasteiger partial charge on any atom is -0.330 e. The fraction of sp³-hybridized carbons (Fsp3) is 1.00. The van der Waals surface area contributed by atoms with E-state index < -0.39 is 0 Å². The molecule has 2 fully saturated rings. The summed E-state index contributed by atoms with van der Waals surface area (Å²) in [5.41, 5.74) is 6.62. The third-order valence-corrected chi connectivity index (χ3v) is 4.83. The lowest BCUT2D eigenvalue weighted by Gasteiger charge is -2.37. The van der Waals surface area contributed by atoms with Crippen molar-refractivity contribution in [2.24, 2.45) is 17.1 Å². The van der Waals surface area contributed by atoms with Gasteiger partial charge < -0.3 is 10.6 Å². The van der Waals surface area contributed by atoms with Crippen LogP contribution in [0.4, 0.5) is 0 Å². The summed E-state index contributed by atoms with van der Waals surface area (Å²) in [4.78, 5) is 2.48. The van der Waals surface area contributed by atoms with Crippen LogP contribution in [0.1, 0.15) is 44.9 Å². The zero-order valence-corrected chi connectivity index (χ0v) is 10.2. The fourth-order valence-electron chi connectivity index (χ4n) is 3.67. The average Bonchev–Trinajstić information content (AvgIpc) is 2.71. The Morgan fingerprint density at radius 2 is 1.87 bits per heavy atom. The third-order valence-electron chi connectivity index (χ3n) is 4.83. The van der Waals surface area contributed by atoms with E-state index in [2.05, 4.69) is 11.9 Å². The molecule has 0 aromatic carbocycles. The van der Waals surface area contributed by atoms with Gasteiger partial charge in [-0.1, -0.05) is 12.8 Å². The van der Waals surface area contributed by atoms with Crippen LogP contribution in [-0.4, -0.2) is 31.6 Å². The summed E-state index contributed by atoms with van der Waals surface area (Å²) in [7, 11) is 2.25. The van der Waals surface area contributed by atoms with Crippen LogP contribution in [0.2, 0.25) is 0 Å². The third kappa shape index (κ3) is 2.36. The van der Waals surface area contributed by atoms with Gasteiger partial charge in [0, 0.05) is 0 Å². The SMILES string of the molecule is CN1CCCC(CN)(C2CCCC2)CC1. The van der Waals surface area contributed by atoms with E-state index in [1.807, 2.05) is 0 Å². The Bertz CT molecular complexity index is 199. The maximum atomic E-state index is 6.11. The second-order valence-electron chi connectivity index (χ2n) is 5.70. The number of likely N-dealkylation sites (tertiary alicyclic amines) is 1. The van der Waals surface area contributed by atoms with Gasteiger partial charge in [0.15, 0.2) is 0 Å². The molecule has 1 aliphatic heterocycles. The zero-order valence-electron chi connectivity index (χ0n) is 10.2. The molecule has 1 atom stereocenters. The van der Waals surface area contributed by atoms with E-state index in [0.717, 1.165) is 12.5 Å². The molecule has 2 aliphatic rings. The lowest BCUT2D eigenvalue weighted by atomic mass is 9.69. The molecule has 0 spiro atoms. The summed E-state index contributed by atoms with van der Waals surface area (Å²) in [6, 6.07) is 0. The number of hydrogen-bond donors (Lipinski definition) is 1. The number of rotatable bonds is 2. The zero-order chi connectivity index (χ0) is 10.7. The molecule has 2 N–H and O–H groups in total. The lowest BCUT2D eigenvalue weighted by molar-refractivity contribution is 0.144. The molecule has 2 rings (SSSR count). The molecule has 1 aliphatic carbocycles. The minimum atomic E-state index is 0.501. The lowest BCUT2D eigenvalue weighted by Crippen LogP contribution is -2.38. The molecule has 0 amide bonds. The first-order valence-corrected chi connectivity index (χ1v) is 6.65. The Morgan fingerprint density at radius 1 is 1.13 bits per heavy atom. The quantitative estimate of drug-likeness (QED) is 0.757. The highest BCUT2D eigenvalue weighted by atomic mass is 15.1. The van der Waals surface area contributed by atoms with Crippen molar-refractivity contribution in [1.29, 1.82) is 0 Å². The van der Waals surface area contributed by atoms with Crippen LogP contribution in [0.15, 0.2) is 0 Å². The smallest absolute Gasteiger partial charge is 0.00159 e. The molecule has 1 saturated heterocycles. The van der Waals surface area contributed by atoms with E-state index in [4.69, 9.17) is 5.73 Å². The van der Waals surface area contributed by atoms with Gasteiger partial charge in [-0.3, -0.25) is 0 Å². The van der Waals surface area contributed by atoms with Gasteiger partial charge in [0.05, 0.1) is 0 Å². The number of hydrogen-bond acceptors (Lipinski definition) is 2. The van der Waals surface area contributed by atoms with Gasteiger partial charge in [-0.05, 0) is 70.1 Å². The van der Waals surface area contributed by atoms with Crippen LogP contribution in [0.25, 0.3) is 0 Å². The normalized spacial score (nSPS) is 35.6. The Labute approximate surface area is 94.2 Å². The molecule has 1 heterocycles. The molecule has 0 radical (unpaired) electrons. The molecule has 2 heteroatoms. The highest BCUT2D eigenvalue weighted by molar-refractivity contribution is 4.92. The Kier molecular flexibility index (Phi) is 3.68. The van der Waals surface area contributed by atoms with E-state index >= 15 is 0 Å². The summed E-state index contributed by atoms with van der Waals surface area (Å²) < 4.78 is 0. The van der Waals surface area contributed by atoms with E-state index in [9.17, 15) is 0 Å². The van der Waals surface area contributed by atoms with Crippen LogP contribution in [0, 0.1) is 11.3 Å². The molecule has 0 aromatic rings. The van der Waals surface area contributed by atoms with Gasteiger partial charge in [-0.2, -0.15) is 0 Å². The standard InChI is InChI=1S/C13H26N2/c1-15-9-4-7-13(11-14,8-10-15)12-5-2-3-6-12/h12H,2-11,14H2,1H3. The highest BCUT2D eigenvalue weighted by Crippen LogP contribution is 2.45. The van der Waals surface area contributed by atoms with Gasteiger partial charge in [-0.25, -0.2) is 0 Å². The van der Waals surface area contributed by atoms with Gasteiger partial charge in [0.2, 0.25) is 0 Å². The van der Waals surface area contributed by atoms with Gasteiger partial charge in [0.25, 0.3) is 0 Å². The van der Waals surface area contributed by atoms with Crippen molar-refractivity contribution in [2.45, 2.75) is 44.9 Å². The predicted molar refractivity (Wildman–Crippen MR) is 64.8 cm³/mol. The molecule has 0 aromatic heterocycles. The molecule has 0 bridgehead atoms. The van der Waals surface area contributed by atoms with Gasteiger partial charge >= 0.3 is 0 Å².